The van der Waals surface area contributed by atoms with E-state index in [-0.39, 0.29) is 12.1 Å². The summed E-state index contributed by atoms with van der Waals surface area (Å²) in [7, 11) is 0. The molecule has 0 N–H and O–H groups in total. The molecule has 2 aromatic carbocycles. The summed E-state index contributed by atoms with van der Waals surface area (Å²) in [6.45, 7) is 1.99. The maximum Gasteiger partial charge on any atom is 0.338 e. The van der Waals surface area contributed by atoms with Crippen molar-refractivity contribution in [2.75, 3.05) is 0 Å². The highest BCUT2D eigenvalue weighted by molar-refractivity contribution is 5.90. The van der Waals surface area contributed by atoms with Crippen LogP contribution in [0, 0.1) is 0 Å². The van der Waals surface area contributed by atoms with Crippen LogP contribution in [0.3, 0.4) is 0 Å². The zero-order valence-electron chi connectivity index (χ0n) is 12.4. The van der Waals surface area contributed by atoms with Gasteiger partial charge in [-0.3, -0.25) is 4.98 Å². The molecule has 22 heavy (non-hydrogen) atoms. The number of esters is 1. The summed E-state index contributed by atoms with van der Waals surface area (Å²) in [5.74, 6) is -0.317. The van der Waals surface area contributed by atoms with Crippen molar-refractivity contribution in [1.82, 2.24) is 4.98 Å². The van der Waals surface area contributed by atoms with E-state index >= 15 is 0 Å². The predicted octanol–water partition coefficient (Wildman–Crippen LogP) is 4.54. The second kappa shape index (κ2) is 6.39. The second-order valence-corrected chi connectivity index (χ2v) is 5.09. The minimum Gasteiger partial charge on any atom is -0.452 e. The summed E-state index contributed by atoms with van der Waals surface area (Å²) in [6, 6.07) is 19.0. The van der Waals surface area contributed by atoms with E-state index in [4.69, 9.17) is 4.74 Å². The van der Waals surface area contributed by atoms with Crippen LogP contribution in [0.1, 0.15) is 35.5 Å². The zero-order chi connectivity index (χ0) is 15.4. The Kier molecular flexibility index (Phi) is 4.15. The molecule has 1 atom stereocenters. The standard InChI is InChI=1S/C19H17NO2/c1-2-17(22-19(21)15-9-4-3-5-10-15)18-16-11-7-6-8-14(16)12-13-20-18/h3-13,17H,2H2,1H3. The molecule has 1 heterocycles. The molecule has 0 aliphatic carbocycles. The topological polar surface area (TPSA) is 39.2 Å². The smallest absolute Gasteiger partial charge is 0.338 e. The molecule has 1 unspecified atom stereocenters. The van der Waals surface area contributed by atoms with Gasteiger partial charge in [0.1, 0.15) is 6.10 Å². The number of carbonyl (C=O) groups excluding carboxylic acids is 1. The van der Waals surface area contributed by atoms with Crippen molar-refractivity contribution < 1.29 is 9.53 Å². The number of fused-ring (bicyclic) bond motifs is 1. The lowest BCUT2D eigenvalue weighted by atomic mass is 10.0. The van der Waals surface area contributed by atoms with E-state index in [1.165, 1.54) is 0 Å². The first-order chi connectivity index (χ1) is 10.8. The number of hydrogen-bond donors (Lipinski definition) is 0. The number of hydrogen-bond acceptors (Lipinski definition) is 3. The Morgan fingerprint density at radius 3 is 2.55 bits per heavy atom. The van der Waals surface area contributed by atoms with E-state index in [2.05, 4.69) is 4.98 Å². The Morgan fingerprint density at radius 1 is 1.05 bits per heavy atom. The van der Waals surface area contributed by atoms with Gasteiger partial charge in [0.25, 0.3) is 0 Å². The number of pyridine rings is 1. The maximum absolute atomic E-state index is 12.3. The summed E-state index contributed by atoms with van der Waals surface area (Å²) in [5.41, 5.74) is 1.37. The summed E-state index contributed by atoms with van der Waals surface area (Å²) in [6.07, 6.45) is 2.09. The van der Waals surface area contributed by atoms with Crippen LogP contribution in [0.5, 0.6) is 0 Å². The molecular weight excluding hydrogens is 274 g/mol. The minimum absolute atomic E-state index is 0.317. The number of rotatable bonds is 4. The first-order valence-corrected chi connectivity index (χ1v) is 7.39. The quantitative estimate of drug-likeness (QED) is 0.662. The first-order valence-electron chi connectivity index (χ1n) is 7.39. The maximum atomic E-state index is 12.3. The lowest BCUT2D eigenvalue weighted by molar-refractivity contribution is 0.0282. The highest BCUT2D eigenvalue weighted by atomic mass is 16.5. The summed E-state index contributed by atoms with van der Waals surface area (Å²) in [5, 5.41) is 2.12. The number of ether oxygens (including phenoxy) is 1. The molecule has 3 rings (SSSR count). The molecule has 3 heteroatoms. The van der Waals surface area contributed by atoms with Gasteiger partial charge >= 0.3 is 5.97 Å². The molecular formula is C19H17NO2. The van der Waals surface area contributed by atoms with Gasteiger partial charge in [0.2, 0.25) is 0 Å². The third kappa shape index (κ3) is 2.84. The summed E-state index contributed by atoms with van der Waals surface area (Å²) < 4.78 is 5.68. The van der Waals surface area contributed by atoms with Gasteiger partial charge in [-0.1, -0.05) is 49.4 Å². The highest BCUT2D eigenvalue weighted by Gasteiger charge is 2.19. The normalized spacial score (nSPS) is 12.0. The SMILES string of the molecule is CCC(OC(=O)c1ccccc1)c1nccc2ccccc12. The molecule has 3 aromatic rings. The van der Waals surface area contributed by atoms with Crippen LogP contribution in [-0.2, 0) is 4.74 Å². The first kappa shape index (κ1) is 14.3. The van der Waals surface area contributed by atoms with Crippen molar-refractivity contribution in [1.29, 1.82) is 0 Å². The average Bonchev–Trinajstić information content (AvgIpc) is 2.60. The van der Waals surface area contributed by atoms with E-state index in [0.29, 0.717) is 12.0 Å². The van der Waals surface area contributed by atoms with Crippen LogP contribution >= 0.6 is 0 Å². The zero-order valence-corrected chi connectivity index (χ0v) is 12.4. The van der Waals surface area contributed by atoms with Gasteiger partial charge in [-0.25, -0.2) is 4.79 Å². The molecule has 0 saturated carbocycles. The molecule has 0 bridgehead atoms. The Morgan fingerprint density at radius 2 is 1.77 bits per heavy atom. The fourth-order valence-electron chi connectivity index (χ4n) is 2.50. The van der Waals surface area contributed by atoms with E-state index in [1.807, 2.05) is 55.5 Å². The van der Waals surface area contributed by atoms with Crippen LogP contribution < -0.4 is 0 Å². The van der Waals surface area contributed by atoms with Crippen LogP contribution in [-0.4, -0.2) is 11.0 Å². The van der Waals surface area contributed by atoms with Crippen molar-refractivity contribution in [2.24, 2.45) is 0 Å². The van der Waals surface area contributed by atoms with Gasteiger partial charge < -0.3 is 4.74 Å². The fraction of sp³-hybridized carbons (Fsp3) is 0.158. The Bertz CT molecular complexity index is 778. The van der Waals surface area contributed by atoms with Crippen molar-refractivity contribution >= 4 is 16.7 Å². The third-order valence-electron chi connectivity index (χ3n) is 3.64. The molecule has 0 aliphatic heterocycles. The lowest BCUT2D eigenvalue weighted by Crippen LogP contribution is -2.12. The van der Waals surface area contributed by atoms with Gasteiger partial charge in [0.05, 0.1) is 11.3 Å². The monoisotopic (exact) mass is 291 g/mol. The second-order valence-electron chi connectivity index (χ2n) is 5.09. The van der Waals surface area contributed by atoms with Gasteiger partial charge in [0.15, 0.2) is 0 Å². The Hall–Kier alpha value is -2.68. The highest BCUT2D eigenvalue weighted by Crippen LogP contribution is 2.27. The molecule has 110 valence electrons. The predicted molar refractivity (Wildman–Crippen MR) is 86.6 cm³/mol. The molecule has 0 saturated heterocycles. The molecule has 0 aliphatic rings. The Labute approximate surface area is 129 Å². The van der Waals surface area contributed by atoms with Gasteiger partial charge in [-0.05, 0) is 30.0 Å². The summed E-state index contributed by atoms with van der Waals surface area (Å²) in [4.78, 5) is 16.7. The molecule has 3 nitrogen and oxygen atoms in total. The van der Waals surface area contributed by atoms with Crippen LogP contribution in [0.4, 0.5) is 0 Å². The number of aromatic nitrogens is 1. The lowest BCUT2D eigenvalue weighted by Gasteiger charge is -2.17. The molecule has 0 fully saturated rings. The van der Waals surface area contributed by atoms with Crippen molar-refractivity contribution in [2.45, 2.75) is 19.4 Å². The van der Waals surface area contributed by atoms with Crippen molar-refractivity contribution in [3.05, 3.63) is 78.1 Å². The number of carbonyl (C=O) groups is 1. The van der Waals surface area contributed by atoms with Gasteiger partial charge in [0, 0.05) is 11.6 Å². The number of nitrogens with zero attached hydrogens (tertiary/aromatic N) is 1. The number of benzene rings is 2. The third-order valence-corrected chi connectivity index (χ3v) is 3.64. The van der Waals surface area contributed by atoms with Crippen LogP contribution in [0.2, 0.25) is 0 Å². The van der Waals surface area contributed by atoms with E-state index in [1.54, 1.807) is 18.3 Å². The van der Waals surface area contributed by atoms with E-state index < -0.39 is 0 Å². The van der Waals surface area contributed by atoms with Crippen molar-refractivity contribution in [3.8, 4) is 0 Å². The average molecular weight is 291 g/mol. The molecule has 1 aromatic heterocycles. The Balaban J connectivity index is 1.92. The molecule has 0 spiro atoms. The van der Waals surface area contributed by atoms with Crippen LogP contribution in [0.15, 0.2) is 66.9 Å². The largest absolute Gasteiger partial charge is 0.452 e. The molecule has 0 amide bonds. The summed E-state index contributed by atoms with van der Waals surface area (Å²) >= 11 is 0. The fourth-order valence-corrected chi connectivity index (χ4v) is 2.50. The van der Waals surface area contributed by atoms with Gasteiger partial charge in [-0.15, -0.1) is 0 Å². The van der Waals surface area contributed by atoms with E-state index in [0.717, 1.165) is 16.5 Å². The van der Waals surface area contributed by atoms with Crippen LogP contribution in [0.25, 0.3) is 10.8 Å². The van der Waals surface area contributed by atoms with Crippen molar-refractivity contribution in [3.63, 3.8) is 0 Å². The van der Waals surface area contributed by atoms with Gasteiger partial charge in [-0.2, -0.15) is 0 Å². The minimum atomic E-state index is -0.348. The van der Waals surface area contributed by atoms with E-state index in [9.17, 15) is 4.79 Å². The molecule has 0 radical (unpaired) electrons.